The Morgan fingerprint density at radius 3 is 2.53 bits per heavy atom. The van der Waals surface area contributed by atoms with E-state index < -0.39 is 6.10 Å². The summed E-state index contributed by atoms with van der Waals surface area (Å²) in [6, 6.07) is 4.72. The third-order valence-corrected chi connectivity index (χ3v) is 3.80. The van der Waals surface area contributed by atoms with Crippen LogP contribution in [0.5, 0.6) is 0 Å². The number of rotatable bonds is 6. The molecular weight excluding hydrogens is 285 g/mol. The van der Waals surface area contributed by atoms with Crippen LogP contribution in [-0.4, -0.2) is 23.7 Å². The second-order valence-corrected chi connectivity index (χ2v) is 5.32. The van der Waals surface area contributed by atoms with E-state index in [1.165, 1.54) is 6.07 Å². The molecule has 5 heteroatoms. The van der Waals surface area contributed by atoms with Crippen molar-refractivity contribution in [1.29, 1.82) is 0 Å². The second-order valence-electron chi connectivity index (χ2n) is 4.48. The van der Waals surface area contributed by atoms with Crippen molar-refractivity contribution in [3.8, 4) is 0 Å². The standard InChI is InChI=1S/C14H19Cl2NO2/c1-3-9(4-2)13(18)8-17-14(19)11-7-10(15)5-6-12(11)16/h5-7,9,13,18H,3-4,8H2,1-2H3,(H,17,19). The fourth-order valence-electron chi connectivity index (χ4n) is 1.96. The molecule has 0 saturated heterocycles. The van der Waals surface area contributed by atoms with Crippen molar-refractivity contribution in [1.82, 2.24) is 5.32 Å². The molecule has 0 aliphatic heterocycles. The first kappa shape index (κ1) is 16.3. The van der Waals surface area contributed by atoms with E-state index in [1.807, 2.05) is 13.8 Å². The van der Waals surface area contributed by atoms with Gasteiger partial charge in [0.1, 0.15) is 0 Å². The van der Waals surface area contributed by atoms with Crippen LogP contribution >= 0.6 is 23.2 Å². The average Bonchev–Trinajstić information content (AvgIpc) is 2.40. The van der Waals surface area contributed by atoms with Crippen LogP contribution in [0.2, 0.25) is 10.0 Å². The minimum atomic E-state index is -0.545. The minimum Gasteiger partial charge on any atom is -0.391 e. The molecule has 3 nitrogen and oxygen atoms in total. The Morgan fingerprint density at radius 1 is 1.32 bits per heavy atom. The number of benzene rings is 1. The molecular formula is C14H19Cl2NO2. The molecule has 106 valence electrons. The molecule has 0 bridgehead atoms. The summed E-state index contributed by atoms with van der Waals surface area (Å²) < 4.78 is 0. The predicted molar refractivity (Wildman–Crippen MR) is 78.9 cm³/mol. The van der Waals surface area contributed by atoms with Crippen molar-refractivity contribution < 1.29 is 9.90 Å². The van der Waals surface area contributed by atoms with Gasteiger partial charge >= 0.3 is 0 Å². The van der Waals surface area contributed by atoms with Gasteiger partial charge in [-0.2, -0.15) is 0 Å². The van der Waals surface area contributed by atoms with Crippen molar-refractivity contribution in [2.24, 2.45) is 5.92 Å². The van der Waals surface area contributed by atoms with Gasteiger partial charge in [-0.25, -0.2) is 0 Å². The van der Waals surface area contributed by atoms with Gasteiger partial charge in [-0.3, -0.25) is 4.79 Å². The van der Waals surface area contributed by atoms with Gasteiger partial charge < -0.3 is 10.4 Å². The molecule has 1 rings (SSSR count). The maximum Gasteiger partial charge on any atom is 0.252 e. The second kappa shape index (κ2) is 7.73. The minimum absolute atomic E-state index is 0.190. The lowest BCUT2D eigenvalue weighted by Gasteiger charge is -2.20. The van der Waals surface area contributed by atoms with Gasteiger partial charge in [0.25, 0.3) is 5.91 Å². The van der Waals surface area contributed by atoms with Crippen LogP contribution in [0.4, 0.5) is 0 Å². The third-order valence-electron chi connectivity index (χ3n) is 3.24. The first-order chi connectivity index (χ1) is 8.99. The lowest BCUT2D eigenvalue weighted by molar-refractivity contribution is 0.0817. The highest BCUT2D eigenvalue weighted by Gasteiger charge is 2.17. The summed E-state index contributed by atoms with van der Waals surface area (Å²) in [6.45, 7) is 4.26. The third kappa shape index (κ3) is 4.68. The van der Waals surface area contributed by atoms with Crippen molar-refractivity contribution in [2.45, 2.75) is 32.8 Å². The highest BCUT2D eigenvalue weighted by Crippen LogP contribution is 2.20. The summed E-state index contributed by atoms with van der Waals surface area (Å²) in [5, 5.41) is 13.4. The van der Waals surface area contributed by atoms with E-state index in [0.29, 0.717) is 15.6 Å². The molecule has 0 aromatic heterocycles. The van der Waals surface area contributed by atoms with Gasteiger partial charge in [-0.15, -0.1) is 0 Å². The van der Waals surface area contributed by atoms with E-state index in [-0.39, 0.29) is 18.4 Å². The maximum atomic E-state index is 12.0. The molecule has 0 saturated carbocycles. The lowest BCUT2D eigenvalue weighted by atomic mass is 9.96. The zero-order valence-electron chi connectivity index (χ0n) is 11.1. The van der Waals surface area contributed by atoms with Crippen LogP contribution in [-0.2, 0) is 0 Å². The molecule has 2 N–H and O–H groups in total. The van der Waals surface area contributed by atoms with Gasteiger partial charge in [0.2, 0.25) is 0 Å². The Kier molecular flexibility index (Phi) is 6.63. The molecule has 0 aliphatic rings. The normalized spacial score (nSPS) is 12.5. The van der Waals surface area contributed by atoms with E-state index >= 15 is 0 Å². The monoisotopic (exact) mass is 303 g/mol. The molecule has 1 amide bonds. The van der Waals surface area contributed by atoms with Gasteiger partial charge in [-0.1, -0.05) is 49.9 Å². The van der Waals surface area contributed by atoms with Crippen LogP contribution in [0.1, 0.15) is 37.0 Å². The van der Waals surface area contributed by atoms with Gasteiger partial charge in [-0.05, 0) is 24.1 Å². The maximum absolute atomic E-state index is 12.0. The van der Waals surface area contributed by atoms with Gasteiger partial charge in [0.05, 0.1) is 16.7 Å². The van der Waals surface area contributed by atoms with Crippen LogP contribution in [0.25, 0.3) is 0 Å². The lowest BCUT2D eigenvalue weighted by Crippen LogP contribution is -2.36. The number of nitrogens with one attached hydrogen (secondary N) is 1. The quantitative estimate of drug-likeness (QED) is 0.845. The Balaban J connectivity index is 2.63. The zero-order valence-corrected chi connectivity index (χ0v) is 12.6. The topological polar surface area (TPSA) is 49.3 Å². The van der Waals surface area contributed by atoms with E-state index in [1.54, 1.807) is 12.1 Å². The molecule has 19 heavy (non-hydrogen) atoms. The van der Waals surface area contributed by atoms with Crippen molar-refractivity contribution in [2.75, 3.05) is 6.54 Å². The summed E-state index contributed by atoms with van der Waals surface area (Å²) in [4.78, 5) is 12.0. The molecule has 1 atom stereocenters. The van der Waals surface area contributed by atoms with Crippen molar-refractivity contribution in [3.05, 3.63) is 33.8 Å². The largest absolute Gasteiger partial charge is 0.391 e. The van der Waals surface area contributed by atoms with Gasteiger partial charge in [0.15, 0.2) is 0 Å². The number of carbonyl (C=O) groups excluding carboxylic acids is 1. The number of hydrogen-bond acceptors (Lipinski definition) is 2. The molecule has 0 radical (unpaired) electrons. The molecule has 1 aromatic rings. The van der Waals surface area contributed by atoms with Crippen LogP contribution < -0.4 is 5.32 Å². The van der Waals surface area contributed by atoms with Crippen LogP contribution in [0.15, 0.2) is 18.2 Å². The fourth-order valence-corrected chi connectivity index (χ4v) is 2.34. The molecule has 0 aliphatic carbocycles. The predicted octanol–water partition coefficient (Wildman–Crippen LogP) is 3.52. The summed E-state index contributed by atoms with van der Waals surface area (Å²) in [5.74, 6) is -0.132. The van der Waals surface area contributed by atoms with Crippen LogP contribution in [0, 0.1) is 5.92 Å². The number of aliphatic hydroxyl groups is 1. The number of amides is 1. The highest BCUT2D eigenvalue weighted by molar-refractivity contribution is 6.35. The average molecular weight is 304 g/mol. The van der Waals surface area contributed by atoms with E-state index in [4.69, 9.17) is 23.2 Å². The number of aliphatic hydroxyl groups excluding tert-OH is 1. The molecule has 1 unspecified atom stereocenters. The smallest absolute Gasteiger partial charge is 0.252 e. The number of hydrogen-bond donors (Lipinski definition) is 2. The summed E-state index contributed by atoms with van der Waals surface area (Å²) in [7, 11) is 0. The Labute approximate surface area is 123 Å². The van der Waals surface area contributed by atoms with Crippen molar-refractivity contribution >= 4 is 29.1 Å². The first-order valence-corrected chi connectivity index (χ1v) is 7.16. The number of halogens is 2. The summed E-state index contributed by atoms with van der Waals surface area (Å²) in [5.41, 5.74) is 0.325. The van der Waals surface area contributed by atoms with E-state index in [9.17, 15) is 9.90 Å². The van der Waals surface area contributed by atoms with Gasteiger partial charge in [0, 0.05) is 11.6 Å². The SMILES string of the molecule is CCC(CC)C(O)CNC(=O)c1cc(Cl)ccc1Cl. The van der Waals surface area contributed by atoms with Crippen molar-refractivity contribution in [3.63, 3.8) is 0 Å². The van der Waals surface area contributed by atoms with E-state index in [2.05, 4.69) is 5.32 Å². The van der Waals surface area contributed by atoms with Crippen LogP contribution in [0.3, 0.4) is 0 Å². The fraction of sp³-hybridized carbons (Fsp3) is 0.500. The molecule has 0 fully saturated rings. The van der Waals surface area contributed by atoms with E-state index in [0.717, 1.165) is 12.8 Å². The first-order valence-electron chi connectivity index (χ1n) is 6.40. The molecule has 0 heterocycles. The molecule has 0 spiro atoms. The summed E-state index contributed by atoms with van der Waals surface area (Å²) in [6.07, 6.45) is 1.22. The zero-order chi connectivity index (χ0) is 14.4. The molecule has 1 aromatic carbocycles. The Morgan fingerprint density at radius 2 is 1.95 bits per heavy atom. The Bertz CT molecular complexity index is 433. The summed E-state index contributed by atoms with van der Waals surface area (Å²) >= 11 is 11.8. The number of carbonyl (C=O) groups is 1. The Hall–Kier alpha value is -0.770. The highest BCUT2D eigenvalue weighted by atomic mass is 35.5.